The van der Waals surface area contributed by atoms with Crippen molar-refractivity contribution in [2.75, 3.05) is 0 Å². The molecule has 0 heterocycles. The van der Waals surface area contributed by atoms with Gasteiger partial charge in [0, 0.05) is 29.6 Å². The Hall–Kier alpha value is -4.16. The second-order valence-corrected chi connectivity index (χ2v) is 14.8. The molecule has 8 atom stereocenters. The zero-order valence-electron chi connectivity index (χ0n) is 21.4. The van der Waals surface area contributed by atoms with Crippen molar-refractivity contribution < 1.29 is 0 Å². The highest BCUT2D eigenvalue weighted by atomic mass is 14.6. The molecule has 178 valence electrons. The third kappa shape index (κ3) is 1.12. The molecular weight excluding hydrogens is 480 g/mol. The first-order valence-corrected chi connectivity index (χ1v) is 15.5. The van der Waals surface area contributed by atoms with Gasteiger partial charge in [-0.15, -0.1) is 0 Å². The maximum Gasteiger partial charge on any atom is 0.0218 e. The van der Waals surface area contributed by atoms with Gasteiger partial charge in [0.05, 0.1) is 0 Å². The lowest BCUT2D eigenvalue weighted by Gasteiger charge is -2.37. The van der Waals surface area contributed by atoms with E-state index in [-0.39, 0.29) is 0 Å². The SMILES string of the molecule is C1=CC2C3C4=c5c6c7c8c(ccc9c8c8c6c6c%10c%11c(c%12ccc%13c1c3c(c56)c%13c%12%10)C=CC9C8%11)C1C=CC2C4C71. The van der Waals surface area contributed by atoms with Gasteiger partial charge >= 0.3 is 0 Å². The van der Waals surface area contributed by atoms with E-state index in [4.69, 9.17) is 0 Å². The van der Waals surface area contributed by atoms with Crippen LogP contribution in [0.4, 0.5) is 0 Å². The molecule has 1 saturated carbocycles. The minimum Gasteiger partial charge on any atom is -0.0835 e. The van der Waals surface area contributed by atoms with Crippen LogP contribution in [0.5, 0.6) is 0 Å². The summed E-state index contributed by atoms with van der Waals surface area (Å²) in [7, 11) is 0. The maximum absolute atomic E-state index is 2.70. The molecule has 40 heavy (non-hydrogen) atoms. The van der Waals surface area contributed by atoms with Crippen molar-refractivity contribution in [2.45, 2.75) is 29.6 Å². The molecule has 0 spiro atoms. The van der Waals surface area contributed by atoms with Gasteiger partial charge in [-0.2, -0.15) is 0 Å². The summed E-state index contributed by atoms with van der Waals surface area (Å²) in [5, 5.41) is 21.6. The Morgan fingerprint density at radius 1 is 0.425 bits per heavy atom. The Labute approximate surface area is 227 Å². The average Bonchev–Trinajstić information content (AvgIpc) is 3.79. The molecule has 0 heteroatoms. The fourth-order valence-corrected chi connectivity index (χ4v) is 13.8. The number of fused-ring (bicyclic) bond motifs is 5. The fraction of sp³-hybridized carbons (Fsp3) is 0.200. The standard InChI is InChI=1S/C40H18/c1-2-12-14-5-6-16-18-9-10-20-19-8-7-17-15-4-3-13-11(1)21-22(12)32-24(14)26(16)34-29(18)30(20)35-28(19)27(17)33-25(15)23(13)31(21)36-37(32)39(34)40(35)38(33)36/h1-13,18,21-23,29H. The van der Waals surface area contributed by atoms with Crippen molar-refractivity contribution in [3.63, 3.8) is 0 Å². The second-order valence-electron chi connectivity index (χ2n) is 14.8. The van der Waals surface area contributed by atoms with Gasteiger partial charge in [-0.25, -0.2) is 0 Å². The van der Waals surface area contributed by atoms with Crippen molar-refractivity contribution in [3.8, 4) is 0 Å². The molecule has 0 nitrogen and oxygen atoms in total. The van der Waals surface area contributed by atoms with Gasteiger partial charge in [0.1, 0.15) is 0 Å². The lowest BCUT2D eigenvalue weighted by Crippen LogP contribution is -2.31. The molecule has 7 aromatic rings. The quantitative estimate of drug-likeness (QED) is 0.184. The fourth-order valence-electron chi connectivity index (χ4n) is 13.8. The zero-order chi connectivity index (χ0) is 24.4. The number of hydrogen-bond donors (Lipinski definition) is 0. The second kappa shape index (κ2) is 4.34. The molecule has 16 rings (SSSR count). The first-order valence-electron chi connectivity index (χ1n) is 15.5. The summed E-state index contributed by atoms with van der Waals surface area (Å²) >= 11 is 0. The maximum atomic E-state index is 2.70. The Morgan fingerprint density at radius 2 is 1.15 bits per heavy atom. The summed E-state index contributed by atoms with van der Waals surface area (Å²) < 4.78 is 0. The van der Waals surface area contributed by atoms with Gasteiger partial charge < -0.3 is 0 Å². The molecule has 0 N–H and O–H groups in total. The predicted octanol–water partition coefficient (Wildman–Crippen LogP) is 8.67. The van der Waals surface area contributed by atoms with Gasteiger partial charge in [0.15, 0.2) is 0 Å². The van der Waals surface area contributed by atoms with Crippen LogP contribution in [0.3, 0.4) is 0 Å². The number of allylic oxidation sites excluding steroid dienone is 4. The third-order valence-electron chi connectivity index (χ3n) is 14.3. The molecule has 1 fully saturated rings. The molecule has 0 radical (unpaired) electrons. The van der Waals surface area contributed by atoms with Crippen molar-refractivity contribution in [2.24, 2.45) is 17.8 Å². The summed E-state index contributed by atoms with van der Waals surface area (Å²) in [6, 6.07) is 10.2. The van der Waals surface area contributed by atoms with Crippen LogP contribution in [-0.4, -0.2) is 0 Å². The molecule has 7 aromatic carbocycles. The first kappa shape index (κ1) is 16.8. The van der Waals surface area contributed by atoms with Crippen LogP contribution in [0.1, 0.15) is 74.1 Å². The average molecular weight is 499 g/mol. The van der Waals surface area contributed by atoms with E-state index in [1.54, 1.807) is 104 Å². The topological polar surface area (TPSA) is 0 Å². The van der Waals surface area contributed by atoms with Gasteiger partial charge in [0.25, 0.3) is 0 Å². The number of hydrogen-bond acceptors (Lipinski definition) is 0. The molecule has 0 aromatic heterocycles. The van der Waals surface area contributed by atoms with Crippen molar-refractivity contribution in [3.05, 3.63) is 98.3 Å². The zero-order valence-corrected chi connectivity index (χ0v) is 21.4. The Morgan fingerprint density at radius 3 is 2.02 bits per heavy atom. The molecule has 0 bridgehead atoms. The molecule has 0 saturated heterocycles. The lowest BCUT2D eigenvalue weighted by molar-refractivity contribution is 0.355. The monoisotopic (exact) mass is 498 g/mol. The normalized spacial score (nSPS) is 35.1. The van der Waals surface area contributed by atoms with E-state index in [9.17, 15) is 0 Å². The highest BCUT2D eigenvalue weighted by molar-refractivity contribution is 6.46. The van der Waals surface area contributed by atoms with Gasteiger partial charge in [0.2, 0.25) is 0 Å². The molecule has 8 unspecified atom stereocenters. The van der Waals surface area contributed by atoms with Gasteiger partial charge in [-0.05, 0) is 138 Å². The molecule has 0 aliphatic heterocycles. The van der Waals surface area contributed by atoms with E-state index in [0.717, 1.165) is 0 Å². The molecule has 9 aliphatic rings. The van der Waals surface area contributed by atoms with Crippen LogP contribution >= 0.6 is 0 Å². The molecular formula is C40H18. The van der Waals surface area contributed by atoms with Crippen LogP contribution in [0, 0.1) is 17.8 Å². The highest BCUT2D eigenvalue weighted by Crippen LogP contribution is 2.75. The van der Waals surface area contributed by atoms with Crippen LogP contribution in [0.25, 0.3) is 82.4 Å². The Balaban J connectivity index is 1.42. The minimum absolute atomic E-state index is 0.489. The summed E-state index contributed by atoms with van der Waals surface area (Å²) in [5.74, 6) is 4.66. The third-order valence-corrected chi connectivity index (χ3v) is 14.3. The minimum atomic E-state index is 0.489. The largest absolute Gasteiger partial charge is 0.0835 e. The van der Waals surface area contributed by atoms with Gasteiger partial charge in [-0.3, -0.25) is 0 Å². The summed E-state index contributed by atoms with van der Waals surface area (Å²) in [6.07, 6.45) is 15.7. The van der Waals surface area contributed by atoms with Crippen molar-refractivity contribution in [1.29, 1.82) is 0 Å². The number of benzene rings is 4. The van der Waals surface area contributed by atoms with E-state index < -0.39 is 0 Å². The van der Waals surface area contributed by atoms with Crippen LogP contribution < -0.4 is 5.22 Å². The van der Waals surface area contributed by atoms with Crippen LogP contribution in [-0.2, 0) is 0 Å². The predicted molar refractivity (Wildman–Crippen MR) is 163 cm³/mol. The number of rotatable bonds is 0. The van der Waals surface area contributed by atoms with Crippen LogP contribution in [0.2, 0.25) is 0 Å². The summed E-state index contributed by atoms with van der Waals surface area (Å²) in [5.41, 5.74) is 15.2. The van der Waals surface area contributed by atoms with E-state index in [2.05, 4.69) is 60.7 Å². The van der Waals surface area contributed by atoms with Crippen LogP contribution in [0.15, 0.2) is 48.6 Å². The first-order chi connectivity index (χ1) is 19.9. The summed E-state index contributed by atoms with van der Waals surface area (Å²) in [4.78, 5) is 0. The van der Waals surface area contributed by atoms with E-state index >= 15 is 0 Å². The molecule has 9 aliphatic carbocycles. The van der Waals surface area contributed by atoms with Gasteiger partial charge in [-0.1, -0.05) is 60.7 Å². The van der Waals surface area contributed by atoms with Crippen molar-refractivity contribution >= 4 is 82.4 Å². The Kier molecular flexibility index (Phi) is 1.83. The van der Waals surface area contributed by atoms with E-state index in [0.29, 0.717) is 47.3 Å². The molecule has 0 amide bonds. The smallest absolute Gasteiger partial charge is 0.0218 e. The Bertz CT molecular complexity index is 2850. The van der Waals surface area contributed by atoms with E-state index in [1.165, 1.54) is 10.8 Å². The summed E-state index contributed by atoms with van der Waals surface area (Å²) in [6.45, 7) is 0. The highest BCUT2D eigenvalue weighted by Gasteiger charge is 2.60. The van der Waals surface area contributed by atoms with Crippen molar-refractivity contribution in [1.82, 2.24) is 0 Å². The van der Waals surface area contributed by atoms with E-state index in [1.807, 2.05) is 5.57 Å². The lowest BCUT2D eigenvalue weighted by atomic mass is 9.65.